The molecular weight excluding hydrogens is 592 g/mol. The number of carbonyl (C=O) groups excluding carboxylic acids is 5. The summed E-state index contributed by atoms with van der Waals surface area (Å²) in [6.45, 7) is 18.3. The van der Waals surface area contributed by atoms with Crippen molar-refractivity contribution >= 4 is 29.8 Å². The quantitative estimate of drug-likeness (QED) is 0.223. The second-order valence-electron chi connectivity index (χ2n) is 15.6. The van der Waals surface area contributed by atoms with E-state index < -0.39 is 59.8 Å². The maximum Gasteiger partial charge on any atom is 0.306 e. The minimum absolute atomic E-state index is 0.0303. The maximum atomic E-state index is 13.5. The number of hydrogen-bond acceptors (Lipinski definition) is 10. The van der Waals surface area contributed by atoms with Gasteiger partial charge in [0.2, 0.25) is 0 Å². The molecule has 260 valence electrons. The monoisotopic (exact) mass is 648 g/mol. The van der Waals surface area contributed by atoms with Crippen LogP contribution in [0, 0.1) is 52.3 Å². The van der Waals surface area contributed by atoms with Crippen LogP contribution in [0.3, 0.4) is 0 Å². The molecule has 13 unspecified atom stereocenters. The Morgan fingerprint density at radius 1 is 0.761 bits per heavy atom. The Kier molecular flexibility index (Phi) is 10.9. The van der Waals surface area contributed by atoms with Crippen LogP contribution in [0.2, 0.25) is 0 Å². The van der Waals surface area contributed by atoms with E-state index in [0.717, 1.165) is 25.7 Å². The van der Waals surface area contributed by atoms with Crippen molar-refractivity contribution in [3.8, 4) is 0 Å². The van der Waals surface area contributed by atoms with Gasteiger partial charge in [0, 0.05) is 51.9 Å². The highest BCUT2D eigenvalue weighted by molar-refractivity contribution is 5.71. The molecule has 0 bridgehead atoms. The summed E-state index contributed by atoms with van der Waals surface area (Å²) in [5.74, 6) is -1.23. The highest BCUT2D eigenvalue weighted by atomic mass is 16.6. The summed E-state index contributed by atoms with van der Waals surface area (Å²) in [6, 6.07) is 0. The van der Waals surface area contributed by atoms with Crippen LogP contribution in [-0.2, 0) is 47.7 Å². The van der Waals surface area contributed by atoms with Crippen LogP contribution in [0.5, 0.6) is 0 Å². The lowest BCUT2D eigenvalue weighted by atomic mass is 9.49. The Hall–Kier alpha value is -2.65. The van der Waals surface area contributed by atoms with E-state index in [2.05, 4.69) is 34.6 Å². The van der Waals surface area contributed by atoms with Crippen LogP contribution in [0.25, 0.3) is 0 Å². The van der Waals surface area contributed by atoms with Crippen LogP contribution in [0.15, 0.2) is 0 Å². The van der Waals surface area contributed by atoms with Gasteiger partial charge in [-0.3, -0.25) is 24.0 Å². The molecule has 0 aromatic carbocycles. The minimum Gasteiger partial charge on any atom is -0.462 e. The zero-order valence-corrected chi connectivity index (χ0v) is 29.5. The summed E-state index contributed by atoms with van der Waals surface area (Å²) in [6.07, 6.45) is 1.74. The van der Waals surface area contributed by atoms with E-state index in [0.29, 0.717) is 19.3 Å². The van der Waals surface area contributed by atoms with Crippen LogP contribution < -0.4 is 0 Å². The molecule has 0 amide bonds. The van der Waals surface area contributed by atoms with E-state index in [9.17, 15) is 24.0 Å². The van der Waals surface area contributed by atoms with Gasteiger partial charge in [-0.25, -0.2) is 0 Å². The molecule has 13 atom stereocenters. The van der Waals surface area contributed by atoms with Crippen molar-refractivity contribution in [3.63, 3.8) is 0 Å². The van der Waals surface area contributed by atoms with Crippen molar-refractivity contribution in [3.05, 3.63) is 0 Å². The Balaban J connectivity index is 1.66. The first-order valence-corrected chi connectivity index (χ1v) is 17.3. The molecule has 46 heavy (non-hydrogen) atoms. The highest BCUT2D eigenvalue weighted by Crippen LogP contribution is 2.66. The molecule has 10 heteroatoms. The second-order valence-corrected chi connectivity index (χ2v) is 15.6. The van der Waals surface area contributed by atoms with Gasteiger partial charge in [0.25, 0.3) is 0 Å². The van der Waals surface area contributed by atoms with Crippen molar-refractivity contribution in [1.82, 2.24) is 0 Å². The Morgan fingerprint density at radius 2 is 1.33 bits per heavy atom. The summed E-state index contributed by atoms with van der Waals surface area (Å²) in [5, 5.41) is 0. The predicted octanol–water partition coefficient (Wildman–Crippen LogP) is 5.82. The second kappa shape index (κ2) is 13.8. The van der Waals surface area contributed by atoms with Crippen molar-refractivity contribution < 1.29 is 47.7 Å². The molecule has 4 fully saturated rings. The van der Waals surface area contributed by atoms with Crippen molar-refractivity contribution in [2.45, 2.75) is 145 Å². The van der Waals surface area contributed by atoms with Gasteiger partial charge < -0.3 is 23.7 Å². The average molecular weight is 649 g/mol. The Bertz CT molecular complexity index is 1180. The van der Waals surface area contributed by atoms with Gasteiger partial charge in [-0.15, -0.1) is 0 Å². The third-order valence-corrected chi connectivity index (χ3v) is 12.6. The maximum absolute atomic E-state index is 13.5. The Morgan fingerprint density at radius 3 is 1.89 bits per heavy atom. The summed E-state index contributed by atoms with van der Waals surface area (Å²) < 4.78 is 29.4. The van der Waals surface area contributed by atoms with Gasteiger partial charge in [0.05, 0.1) is 0 Å². The van der Waals surface area contributed by atoms with Crippen LogP contribution >= 0.6 is 0 Å². The van der Waals surface area contributed by atoms with E-state index in [4.69, 9.17) is 23.7 Å². The lowest BCUT2D eigenvalue weighted by Crippen LogP contribution is -2.57. The highest BCUT2D eigenvalue weighted by Gasteiger charge is 2.64. The fraction of sp³-hybridized carbons (Fsp3) is 0.861. The molecule has 10 nitrogen and oxygen atoms in total. The number of rotatable bonds is 9. The number of hydrogen-bond donors (Lipinski definition) is 0. The van der Waals surface area contributed by atoms with Crippen molar-refractivity contribution in [1.29, 1.82) is 0 Å². The van der Waals surface area contributed by atoms with E-state index in [1.807, 2.05) is 6.92 Å². The lowest BCUT2D eigenvalue weighted by Gasteiger charge is -2.56. The summed E-state index contributed by atoms with van der Waals surface area (Å²) in [4.78, 5) is 62.2. The molecular formula is C36H56O10. The van der Waals surface area contributed by atoms with Crippen LogP contribution in [0.4, 0.5) is 0 Å². The zero-order chi connectivity index (χ0) is 34.3. The first kappa shape index (κ1) is 36.2. The third-order valence-electron chi connectivity index (χ3n) is 12.6. The molecule has 4 rings (SSSR count). The molecule has 0 aromatic rings. The van der Waals surface area contributed by atoms with Gasteiger partial charge in [-0.2, -0.15) is 0 Å². The van der Waals surface area contributed by atoms with Gasteiger partial charge in [0.1, 0.15) is 30.5 Å². The van der Waals surface area contributed by atoms with Crippen molar-refractivity contribution in [2.75, 3.05) is 0 Å². The first-order chi connectivity index (χ1) is 21.4. The number of esters is 5. The minimum atomic E-state index is -0.675. The molecule has 0 radical (unpaired) electrons. The predicted molar refractivity (Wildman–Crippen MR) is 168 cm³/mol. The van der Waals surface area contributed by atoms with Gasteiger partial charge in [-0.1, -0.05) is 41.5 Å². The molecule has 1 aliphatic heterocycles. The van der Waals surface area contributed by atoms with Crippen LogP contribution in [0.1, 0.15) is 114 Å². The van der Waals surface area contributed by atoms with Crippen LogP contribution in [-0.4, -0.2) is 60.4 Å². The summed E-state index contributed by atoms with van der Waals surface area (Å²) in [5.41, 5.74) is -0.604. The summed E-state index contributed by atoms with van der Waals surface area (Å²) >= 11 is 0. The molecule has 0 aromatic heterocycles. The molecule has 3 saturated carbocycles. The largest absolute Gasteiger partial charge is 0.462 e. The number of carbonyl (C=O) groups is 5. The third kappa shape index (κ3) is 7.10. The fourth-order valence-electron chi connectivity index (χ4n) is 10.2. The summed E-state index contributed by atoms with van der Waals surface area (Å²) in [7, 11) is 0. The molecule has 1 saturated heterocycles. The number of ether oxygens (including phenoxy) is 5. The topological polar surface area (TPSA) is 132 Å². The lowest BCUT2D eigenvalue weighted by molar-refractivity contribution is -0.198. The number of fused-ring (bicyclic) bond motifs is 5. The van der Waals surface area contributed by atoms with Gasteiger partial charge in [-0.05, 0) is 73.0 Å². The molecule has 1 heterocycles. The van der Waals surface area contributed by atoms with E-state index >= 15 is 0 Å². The van der Waals surface area contributed by atoms with E-state index in [1.165, 1.54) is 27.7 Å². The van der Waals surface area contributed by atoms with E-state index in [-0.39, 0.29) is 52.8 Å². The molecule has 4 aliphatic rings. The first-order valence-electron chi connectivity index (χ1n) is 17.3. The van der Waals surface area contributed by atoms with E-state index in [1.54, 1.807) is 0 Å². The normalized spacial score (nSPS) is 38.0. The SMILES string of the molecule is CC(=O)OC1CC2OC(=O)CC3C(CCC4(C)C(C(C)C(OC(C)=O)C(OC(C)=O)C(C)C(C)C)CCC34)C2(C)CC1OC(C)=O. The van der Waals surface area contributed by atoms with Gasteiger partial charge >= 0.3 is 29.8 Å². The Labute approximate surface area is 274 Å². The zero-order valence-electron chi connectivity index (χ0n) is 29.5. The average Bonchev–Trinajstić information content (AvgIpc) is 3.23. The smallest absolute Gasteiger partial charge is 0.306 e. The standard InChI is InChI=1S/C36H56O10/c1-18(2)19(3)33(44-23(7)39)34(45-24(8)40)20(4)26-11-12-27-25-15-32(41)46-31-16-29(42-21(5)37)30(43-22(6)38)17-36(31,10)28(25)13-14-35(26,27)9/h18-20,25-31,33-34H,11-17H2,1-10H3. The molecule has 3 aliphatic carbocycles. The molecule has 0 N–H and O–H groups in total. The molecule has 0 spiro atoms. The van der Waals surface area contributed by atoms with Crippen molar-refractivity contribution in [2.24, 2.45) is 52.3 Å². The van der Waals surface area contributed by atoms with Gasteiger partial charge in [0.15, 0.2) is 0 Å². The fourth-order valence-corrected chi connectivity index (χ4v) is 10.2.